The van der Waals surface area contributed by atoms with Gasteiger partial charge in [-0.15, -0.1) is 0 Å². The topological polar surface area (TPSA) is 48.4 Å². The molecule has 0 bridgehead atoms. The van der Waals surface area contributed by atoms with Crippen molar-refractivity contribution in [3.05, 3.63) is 52.0 Å². The first-order chi connectivity index (χ1) is 9.58. The van der Waals surface area contributed by atoms with Gasteiger partial charge in [-0.1, -0.05) is 0 Å². The van der Waals surface area contributed by atoms with Gasteiger partial charge in [0.2, 0.25) is 5.78 Å². The molecule has 0 saturated heterocycles. The number of carbonyl (C=O) groups is 1. The molecule has 0 N–H and O–H groups in total. The van der Waals surface area contributed by atoms with Gasteiger partial charge < -0.3 is 9.47 Å². The molecule has 2 rings (SSSR count). The third-order valence-electron chi connectivity index (χ3n) is 2.69. The van der Waals surface area contributed by atoms with Crippen LogP contribution in [0.3, 0.4) is 0 Å². The Morgan fingerprint density at radius 1 is 1.20 bits per heavy atom. The van der Waals surface area contributed by atoms with Crippen LogP contribution in [-0.4, -0.2) is 25.0 Å². The van der Waals surface area contributed by atoms with E-state index >= 15 is 0 Å². The third kappa shape index (κ3) is 2.65. The number of hydrogen-bond donors (Lipinski definition) is 0. The zero-order valence-electron chi connectivity index (χ0n) is 10.8. The van der Waals surface area contributed by atoms with Crippen molar-refractivity contribution in [3.8, 4) is 11.5 Å². The molecular formula is C14H11BrFNO3. The first kappa shape index (κ1) is 14.5. The van der Waals surface area contributed by atoms with Crippen molar-refractivity contribution in [2.75, 3.05) is 14.2 Å². The number of hydrogen-bond acceptors (Lipinski definition) is 4. The highest BCUT2D eigenvalue weighted by atomic mass is 79.9. The van der Waals surface area contributed by atoms with Gasteiger partial charge in [0.25, 0.3) is 0 Å². The van der Waals surface area contributed by atoms with Gasteiger partial charge in [-0.05, 0) is 40.2 Å². The predicted molar refractivity (Wildman–Crippen MR) is 74.9 cm³/mol. The van der Waals surface area contributed by atoms with Crippen molar-refractivity contribution < 1.29 is 18.7 Å². The molecule has 2 aromatic rings. The summed E-state index contributed by atoms with van der Waals surface area (Å²) in [6.45, 7) is 0. The van der Waals surface area contributed by atoms with Crippen LogP contribution in [-0.2, 0) is 0 Å². The van der Waals surface area contributed by atoms with Crippen molar-refractivity contribution >= 4 is 21.7 Å². The molecule has 0 fully saturated rings. The Labute approximate surface area is 123 Å². The number of halogens is 2. The maximum absolute atomic E-state index is 12.8. The average Bonchev–Trinajstić information content (AvgIpc) is 2.47. The Morgan fingerprint density at radius 3 is 2.50 bits per heavy atom. The number of aromatic nitrogens is 1. The molecule has 0 radical (unpaired) electrons. The summed E-state index contributed by atoms with van der Waals surface area (Å²) in [7, 11) is 2.97. The van der Waals surface area contributed by atoms with Crippen LogP contribution in [0.1, 0.15) is 16.1 Å². The van der Waals surface area contributed by atoms with Crippen molar-refractivity contribution in [3.63, 3.8) is 0 Å². The fourth-order valence-corrected chi connectivity index (χ4v) is 2.39. The van der Waals surface area contributed by atoms with E-state index in [9.17, 15) is 9.18 Å². The van der Waals surface area contributed by atoms with Crippen molar-refractivity contribution in [2.24, 2.45) is 0 Å². The number of methoxy groups -OCH3 is 2. The minimum absolute atomic E-state index is 0.141. The Bertz CT molecular complexity index is 644. The summed E-state index contributed by atoms with van der Waals surface area (Å²) < 4.78 is 23.8. The predicted octanol–water partition coefficient (Wildman–Crippen LogP) is 3.23. The molecule has 0 unspecified atom stereocenters. The van der Waals surface area contributed by atoms with E-state index < -0.39 is 5.82 Å². The molecule has 104 valence electrons. The van der Waals surface area contributed by atoms with Crippen LogP contribution in [0.15, 0.2) is 34.9 Å². The fraction of sp³-hybridized carbons (Fsp3) is 0.143. The van der Waals surface area contributed by atoms with Gasteiger partial charge in [-0.25, -0.2) is 9.37 Å². The SMILES string of the molecule is COc1ccc(C(=O)c2ccc(F)cn2)c(OC)c1Br. The largest absolute Gasteiger partial charge is 0.495 e. The molecule has 0 aliphatic carbocycles. The second-order valence-electron chi connectivity index (χ2n) is 3.85. The van der Waals surface area contributed by atoms with E-state index in [4.69, 9.17) is 9.47 Å². The van der Waals surface area contributed by atoms with Crippen LogP contribution in [0.5, 0.6) is 11.5 Å². The molecule has 0 amide bonds. The van der Waals surface area contributed by atoms with Gasteiger partial charge in [-0.3, -0.25) is 4.79 Å². The normalized spacial score (nSPS) is 10.2. The van der Waals surface area contributed by atoms with Crippen LogP contribution >= 0.6 is 15.9 Å². The molecule has 20 heavy (non-hydrogen) atoms. The maximum atomic E-state index is 12.8. The van der Waals surface area contributed by atoms with E-state index in [0.717, 1.165) is 6.20 Å². The van der Waals surface area contributed by atoms with Gasteiger partial charge in [0.1, 0.15) is 27.5 Å². The van der Waals surface area contributed by atoms with Crippen molar-refractivity contribution in [2.45, 2.75) is 0 Å². The summed E-state index contributed by atoms with van der Waals surface area (Å²) in [5.74, 6) is 0.0422. The molecule has 1 aromatic heterocycles. The summed E-state index contributed by atoms with van der Waals surface area (Å²) in [6, 6.07) is 5.74. The Morgan fingerprint density at radius 2 is 1.95 bits per heavy atom. The minimum Gasteiger partial charge on any atom is -0.495 e. The first-order valence-corrected chi connectivity index (χ1v) is 6.44. The second kappa shape index (κ2) is 6.00. The lowest BCUT2D eigenvalue weighted by atomic mass is 10.1. The quantitative estimate of drug-likeness (QED) is 0.802. The molecule has 0 aliphatic heterocycles. The molecule has 0 saturated carbocycles. The summed E-state index contributed by atoms with van der Waals surface area (Å²) in [5, 5.41) is 0. The number of carbonyl (C=O) groups excluding carboxylic acids is 1. The summed E-state index contributed by atoms with van der Waals surface area (Å²) in [5.41, 5.74) is 0.459. The van der Waals surface area contributed by atoms with Crippen molar-refractivity contribution in [1.29, 1.82) is 0 Å². The fourth-order valence-electron chi connectivity index (χ4n) is 1.72. The summed E-state index contributed by atoms with van der Waals surface area (Å²) in [6.07, 6.45) is 0.998. The van der Waals surface area contributed by atoms with E-state index in [1.54, 1.807) is 12.1 Å². The molecule has 1 aromatic carbocycles. The molecule has 0 atom stereocenters. The molecule has 0 spiro atoms. The monoisotopic (exact) mass is 339 g/mol. The molecule has 0 aliphatic rings. The highest BCUT2D eigenvalue weighted by Crippen LogP contribution is 2.37. The summed E-state index contributed by atoms with van der Waals surface area (Å²) in [4.78, 5) is 16.1. The van der Waals surface area contributed by atoms with Gasteiger partial charge >= 0.3 is 0 Å². The van der Waals surface area contributed by atoms with E-state index in [-0.39, 0.29) is 11.5 Å². The van der Waals surface area contributed by atoms with E-state index in [2.05, 4.69) is 20.9 Å². The lowest BCUT2D eigenvalue weighted by Gasteiger charge is -2.12. The lowest BCUT2D eigenvalue weighted by Crippen LogP contribution is -2.07. The number of benzene rings is 1. The zero-order chi connectivity index (χ0) is 14.7. The van der Waals surface area contributed by atoms with E-state index in [0.29, 0.717) is 21.5 Å². The highest BCUT2D eigenvalue weighted by Gasteiger charge is 2.20. The number of nitrogens with zero attached hydrogens (tertiary/aromatic N) is 1. The first-order valence-electron chi connectivity index (χ1n) is 5.65. The number of rotatable bonds is 4. The average molecular weight is 340 g/mol. The van der Waals surface area contributed by atoms with E-state index in [1.165, 1.54) is 26.4 Å². The molecule has 1 heterocycles. The maximum Gasteiger partial charge on any atom is 0.215 e. The Kier molecular flexibility index (Phi) is 4.34. The van der Waals surface area contributed by atoms with E-state index in [1.807, 2.05) is 0 Å². The van der Waals surface area contributed by atoms with Crippen LogP contribution < -0.4 is 9.47 Å². The standard InChI is InChI=1S/C14H11BrFNO3/c1-19-11-6-4-9(14(20-2)12(11)15)13(18)10-5-3-8(16)7-17-10/h3-7H,1-2H3. The molecule has 4 nitrogen and oxygen atoms in total. The smallest absolute Gasteiger partial charge is 0.215 e. The van der Waals surface area contributed by atoms with Gasteiger partial charge in [0.05, 0.1) is 26.0 Å². The van der Waals surface area contributed by atoms with Crippen LogP contribution in [0.2, 0.25) is 0 Å². The molecule has 6 heteroatoms. The minimum atomic E-state index is -0.496. The van der Waals surface area contributed by atoms with Crippen LogP contribution in [0, 0.1) is 5.82 Å². The number of ketones is 1. The molecular weight excluding hydrogens is 329 g/mol. The van der Waals surface area contributed by atoms with Crippen LogP contribution in [0.25, 0.3) is 0 Å². The van der Waals surface area contributed by atoms with Gasteiger partial charge in [0, 0.05) is 0 Å². The van der Waals surface area contributed by atoms with Gasteiger partial charge in [0.15, 0.2) is 0 Å². The van der Waals surface area contributed by atoms with Crippen molar-refractivity contribution in [1.82, 2.24) is 4.98 Å². The van der Waals surface area contributed by atoms with Gasteiger partial charge in [-0.2, -0.15) is 0 Å². The highest BCUT2D eigenvalue weighted by molar-refractivity contribution is 9.10. The number of ether oxygens (including phenoxy) is 2. The Hall–Kier alpha value is -1.95. The van der Waals surface area contributed by atoms with Crippen LogP contribution in [0.4, 0.5) is 4.39 Å². The number of pyridine rings is 1. The summed E-state index contributed by atoms with van der Waals surface area (Å²) >= 11 is 3.32. The zero-order valence-corrected chi connectivity index (χ0v) is 12.4. The second-order valence-corrected chi connectivity index (χ2v) is 4.65. The lowest BCUT2D eigenvalue weighted by molar-refractivity contribution is 0.103. The Balaban J connectivity index is 2.49. The third-order valence-corrected chi connectivity index (χ3v) is 3.44.